The first kappa shape index (κ1) is 46.4. The Labute approximate surface area is 316 Å². The van der Waals surface area contributed by atoms with Crippen molar-refractivity contribution in [3.05, 3.63) is 0 Å². The average molecular weight is 765 g/mol. The van der Waals surface area contributed by atoms with Crippen LogP contribution in [-0.2, 0) is 38.0 Å². The molecule has 3 fully saturated rings. The van der Waals surface area contributed by atoms with E-state index in [-0.39, 0.29) is 19.8 Å². The van der Waals surface area contributed by atoms with Crippen LogP contribution in [0, 0.1) is 0 Å². The molecule has 3 aliphatic heterocycles. The van der Waals surface area contributed by atoms with Gasteiger partial charge in [-0.15, -0.1) is 0 Å². The molecule has 12 atom stereocenters. The number of aliphatic hydroxyl groups excluding tert-OH is 6. The lowest BCUT2D eigenvalue weighted by Gasteiger charge is -2.44. The Morgan fingerprint density at radius 2 is 0.925 bits per heavy atom. The van der Waals surface area contributed by atoms with Gasteiger partial charge in [0.2, 0.25) is 0 Å². The molecular formula is C39H72O14. The first-order chi connectivity index (χ1) is 25.6. The third-order valence-corrected chi connectivity index (χ3v) is 10.5. The number of unbranched alkanes of at least 4 members (excludes halogenated alkanes) is 19. The maximum Gasteiger partial charge on any atom is 0.303 e. The number of aliphatic hydroxyl groups is 6. The fourth-order valence-electron chi connectivity index (χ4n) is 7.17. The fourth-order valence-corrected chi connectivity index (χ4v) is 7.17. The van der Waals surface area contributed by atoms with Crippen LogP contribution < -0.4 is 0 Å². The lowest BCUT2D eigenvalue weighted by Crippen LogP contribution is -2.62. The predicted molar refractivity (Wildman–Crippen MR) is 195 cm³/mol. The van der Waals surface area contributed by atoms with Gasteiger partial charge in [0.1, 0.15) is 48.8 Å². The molecule has 0 radical (unpaired) electrons. The zero-order valence-electron chi connectivity index (χ0n) is 32.3. The summed E-state index contributed by atoms with van der Waals surface area (Å²) < 4.78 is 38.9. The smallest absolute Gasteiger partial charge is 0.303 e. The van der Waals surface area contributed by atoms with Crippen LogP contribution in [0.3, 0.4) is 0 Å². The van der Waals surface area contributed by atoms with Crippen molar-refractivity contribution in [1.29, 1.82) is 0 Å². The minimum atomic E-state index is -1.61. The van der Waals surface area contributed by atoms with Crippen molar-refractivity contribution >= 4 is 5.97 Å². The van der Waals surface area contributed by atoms with Crippen LogP contribution in [0.4, 0.5) is 0 Å². The van der Waals surface area contributed by atoms with Crippen LogP contribution in [0.15, 0.2) is 0 Å². The summed E-state index contributed by atoms with van der Waals surface area (Å²) >= 11 is 0. The van der Waals surface area contributed by atoms with Gasteiger partial charge < -0.3 is 63.8 Å². The molecule has 14 heteroatoms. The maximum atomic E-state index is 11.8. The molecular weight excluding hydrogens is 692 g/mol. The molecule has 0 aromatic rings. The molecule has 3 saturated heterocycles. The average Bonchev–Trinajstić information content (AvgIpc) is 3.14. The lowest BCUT2D eigenvalue weighted by atomic mass is 10.0. The second kappa shape index (κ2) is 26.8. The summed E-state index contributed by atoms with van der Waals surface area (Å²) in [5.41, 5.74) is 0. The van der Waals surface area contributed by atoms with Crippen LogP contribution in [0.25, 0.3) is 0 Å². The number of hydrogen-bond donors (Lipinski definition) is 6. The van der Waals surface area contributed by atoms with Gasteiger partial charge in [-0.05, 0) is 6.42 Å². The van der Waals surface area contributed by atoms with Crippen LogP contribution in [-0.4, -0.2) is 137 Å². The second-order valence-electron chi connectivity index (χ2n) is 15.1. The number of esters is 1. The monoisotopic (exact) mass is 764 g/mol. The van der Waals surface area contributed by atoms with Gasteiger partial charge in [-0.25, -0.2) is 0 Å². The highest BCUT2D eigenvalue weighted by Gasteiger charge is 2.49. The molecule has 14 nitrogen and oxygen atoms in total. The molecule has 0 aliphatic carbocycles. The summed E-state index contributed by atoms with van der Waals surface area (Å²) in [6, 6.07) is 0. The van der Waals surface area contributed by atoms with Gasteiger partial charge in [-0.1, -0.05) is 129 Å². The van der Waals surface area contributed by atoms with Crippen LogP contribution in [0.5, 0.6) is 0 Å². The highest BCUT2D eigenvalue weighted by Crippen LogP contribution is 2.29. The van der Waals surface area contributed by atoms with E-state index in [4.69, 9.17) is 33.2 Å². The SMILES string of the molecule is CCCCCCCCCCCCCCCCCCCCCCO[C@H]1OC[C@@H](O[C@H]2OC[C@@H](O[C@H]3OC[C@@H](O)[C@@H](O)[C@@H]3O)[C@@H](OC(C)=O)[C@@H]2O)[C@@H](O)[C@@H]1O. The van der Waals surface area contributed by atoms with E-state index in [1.807, 2.05) is 0 Å². The Balaban J connectivity index is 1.21. The molecule has 3 aliphatic rings. The normalized spacial score (nSPS) is 33.6. The molecule has 0 aromatic heterocycles. The number of hydrogen-bond acceptors (Lipinski definition) is 14. The molecule has 0 amide bonds. The largest absolute Gasteiger partial charge is 0.457 e. The van der Waals surface area contributed by atoms with Gasteiger partial charge in [0.05, 0.1) is 19.8 Å². The fraction of sp³-hybridized carbons (Fsp3) is 0.974. The summed E-state index contributed by atoms with van der Waals surface area (Å²) in [7, 11) is 0. The third-order valence-electron chi connectivity index (χ3n) is 10.5. The van der Waals surface area contributed by atoms with Crippen LogP contribution in [0.2, 0.25) is 0 Å². The summed E-state index contributed by atoms with van der Waals surface area (Å²) in [5.74, 6) is -0.736. The standard InChI is InChI=1S/C39H72O14/c1-3-4-5-6-7-8-9-10-11-12-13-14-15-16-17-18-19-20-21-22-23-47-37-34(45)32(43)29(25-49-37)52-39-35(46)36(51-27(2)40)30(26-50-39)53-38-33(44)31(42)28(41)24-48-38/h28-39,41-46H,3-26H2,1-2H3/t28-,29-,30-,31-,32-,33+,34+,35+,36-,37+,38-,39-/m1/s1. The number of ether oxygens (including phenoxy) is 7. The molecule has 0 unspecified atom stereocenters. The topological polar surface area (TPSA) is 203 Å². The van der Waals surface area contributed by atoms with Crippen molar-refractivity contribution < 1.29 is 68.6 Å². The molecule has 0 aromatic carbocycles. The van der Waals surface area contributed by atoms with Crippen LogP contribution >= 0.6 is 0 Å². The summed E-state index contributed by atoms with van der Waals surface area (Å²) in [5, 5.41) is 62.3. The quantitative estimate of drug-likeness (QED) is 0.0521. The Bertz CT molecular complexity index is 944. The van der Waals surface area contributed by atoms with Gasteiger partial charge in [-0.3, -0.25) is 4.79 Å². The summed E-state index contributed by atoms with van der Waals surface area (Å²) in [4.78, 5) is 11.8. The number of rotatable bonds is 27. The van der Waals surface area contributed by atoms with E-state index in [0.717, 1.165) is 26.2 Å². The first-order valence-electron chi connectivity index (χ1n) is 20.7. The summed E-state index contributed by atoms with van der Waals surface area (Å²) in [6.07, 6.45) is 9.75. The molecule has 0 spiro atoms. The van der Waals surface area contributed by atoms with Crippen molar-refractivity contribution in [3.63, 3.8) is 0 Å². The molecule has 53 heavy (non-hydrogen) atoms. The Morgan fingerprint density at radius 3 is 1.45 bits per heavy atom. The zero-order valence-corrected chi connectivity index (χ0v) is 32.3. The molecule has 0 bridgehead atoms. The highest BCUT2D eigenvalue weighted by atomic mass is 16.8. The molecule has 312 valence electrons. The minimum Gasteiger partial charge on any atom is -0.457 e. The summed E-state index contributed by atoms with van der Waals surface area (Å²) in [6.45, 7) is 3.03. The number of carbonyl (C=O) groups excluding carboxylic acids is 1. The van der Waals surface area contributed by atoms with E-state index in [1.165, 1.54) is 109 Å². The predicted octanol–water partition coefficient (Wildman–Crippen LogP) is 3.76. The van der Waals surface area contributed by atoms with Crippen molar-refractivity contribution in [2.75, 3.05) is 26.4 Å². The van der Waals surface area contributed by atoms with Crippen molar-refractivity contribution in [2.24, 2.45) is 0 Å². The van der Waals surface area contributed by atoms with E-state index in [1.54, 1.807) is 0 Å². The zero-order chi connectivity index (χ0) is 38.4. The van der Waals surface area contributed by atoms with Gasteiger partial charge in [0.25, 0.3) is 0 Å². The Morgan fingerprint density at radius 1 is 0.509 bits per heavy atom. The Kier molecular flexibility index (Phi) is 23.4. The van der Waals surface area contributed by atoms with E-state index in [9.17, 15) is 35.4 Å². The van der Waals surface area contributed by atoms with E-state index in [0.29, 0.717) is 6.61 Å². The second-order valence-corrected chi connectivity index (χ2v) is 15.1. The van der Waals surface area contributed by atoms with Gasteiger partial charge >= 0.3 is 5.97 Å². The van der Waals surface area contributed by atoms with Gasteiger partial charge in [-0.2, -0.15) is 0 Å². The van der Waals surface area contributed by atoms with E-state index in [2.05, 4.69) is 6.92 Å². The van der Waals surface area contributed by atoms with Crippen molar-refractivity contribution in [3.8, 4) is 0 Å². The Hall–Kier alpha value is -1.01. The molecule has 3 rings (SSSR count). The van der Waals surface area contributed by atoms with E-state index < -0.39 is 79.8 Å². The number of carbonyl (C=O) groups is 1. The first-order valence-corrected chi connectivity index (χ1v) is 20.7. The molecule has 3 heterocycles. The van der Waals surface area contributed by atoms with Crippen molar-refractivity contribution in [1.82, 2.24) is 0 Å². The highest BCUT2D eigenvalue weighted by molar-refractivity contribution is 5.66. The van der Waals surface area contributed by atoms with Crippen LogP contribution in [0.1, 0.15) is 142 Å². The molecule has 6 N–H and O–H groups in total. The minimum absolute atomic E-state index is 0.158. The van der Waals surface area contributed by atoms with Crippen molar-refractivity contribution in [2.45, 2.75) is 216 Å². The molecule has 0 saturated carbocycles. The van der Waals surface area contributed by atoms with Gasteiger partial charge in [0, 0.05) is 13.5 Å². The third kappa shape index (κ3) is 16.9. The van der Waals surface area contributed by atoms with E-state index >= 15 is 0 Å². The van der Waals surface area contributed by atoms with Gasteiger partial charge in [0.15, 0.2) is 25.0 Å². The maximum absolute atomic E-state index is 11.8. The lowest BCUT2D eigenvalue weighted by molar-refractivity contribution is -0.349.